The van der Waals surface area contributed by atoms with Crippen molar-refractivity contribution in [1.82, 2.24) is 15.3 Å². The van der Waals surface area contributed by atoms with Crippen LogP contribution in [0.5, 0.6) is 5.75 Å². The highest BCUT2D eigenvalue weighted by molar-refractivity contribution is 5.96. The van der Waals surface area contributed by atoms with Gasteiger partial charge in [-0.2, -0.15) is 13.2 Å². The molecule has 0 saturated heterocycles. The summed E-state index contributed by atoms with van der Waals surface area (Å²) in [5.74, 6) is -2.57. The average molecular weight is 390 g/mol. The van der Waals surface area contributed by atoms with Crippen molar-refractivity contribution < 1.29 is 27.1 Å². The third-order valence-electron chi connectivity index (χ3n) is 3.33. The lowest BCUT2D eigenvalue weighted by Crippen LogP contribution is -2.40. The fourth-order valence-electron chi connectivity index (χ4n) is 2.02. The molecule has 0 aliphatic heterocycles. The molecule has 0 aliphatic carbocycles. The van der Waals surface area contributed by atoms with Gasteiger partial charge in [0.1, 0.15) is 18.0 Å². The van der Waals surface area contributed by atoms with Gasteiger partial charge < -0.3 is 20.8 Å². The monoisotopic (exact) mass is 390 g/mol. The Hall–Kier alpha value is -3.31. The molecule has 1 aromatic heterocycles. The molecule has 1 amide bonds. The van der Waals surface area contributed by atoms with Crippen LogP contribution in [0.1, 0.15) is 23.0 Å². The fraction of sp³-hybridized carbons (Fsp3) is 0.267. The Kier molecular flexibility index (Phi) is 5.57. The fourth-order valence-corrected chi connectivity index (χ4v) is 2.02. The zero-order valence-electron chi connectivity index (χ0n) is 13.7. The van der Waals surface area contributed by atoms with E-state index < -0.39 is 64.5 Å². The van der Waals surface area contributed by atoms with Gasteiger partial charge in [-0.3, -0.25) is 14.6 Å². The van der Waals surface area contributed by atoms with E-state index in [2.05, 4.69) is 10.3 Å². The molecule has 27 heavy (non-hydrogen) atoms. The van der Waals surface area contributed by atoms with Gasteiger partial charge >= 0.3 is 11.9 Å². The quantitative estimate of drug-likeness (QED) is 0.566. The topological polar surface area (TPSA) is 130 Å². The second-order valence-corrected chi connectivity index (χ2v) is 5.53. The zero-order chi connectivity index (χ0) is 20.4. The number of anilines is 1. The van der Waals surface area contributed by atoms with E-state index >= 15 is 0 Å². The standard InChI is InChI=1S/C15H14F4N4O4/c1-6(21-13(25)11-10(20)12(24)23-14(26)22-11)5-27-9-4-7(15(17,18)19)2-3-8(9)16/h2-4,6H,5,20H2,1H3,(H,21,25)(H2,22,23,24,26)/t6-/m1/s1. The minimum atomic E-state index is -4.67. The van der Waals surface area contributed by atoms with Crippen LogP contribution < -0.4 is 27.0 Å². The number of nitrogens with one attached hydrogen (secondary N) is 3. The molecule has 0 aliphatic rings. The maximum atomic E-state index is 13.6. The van der Waals surface area contributed by atoms with Crippen LogP contribution in [0, 0.1) is 5.82 Å². The van der Waals surface area contributed by atoms with Crippen LogP contribution in [0.15, 0.2) is 27.8 Å². The maximum Gasteiger partial charge on any atom is 0.416 e. The maximum absolute atomic E-state index is 13.6. The Morgan fingerprint density at radius 2 is 1.96 bits per heavy atom. The summed E-state index contributed by atoms with van der Waals surface area (Å²) in [6.45, 7) is 1.02. The number of rotatable bonds is 5. The van der Waals surface area contributed by atoms with Crippen molar-refractivity contribution in [3.63, 3.8) is 0 Å². The summed E-state index contributed by atoms with van der Waals surface area (Å²) >= 11 is 0. The Balaban J connectivity index is 2.07. The molecule has 0 saturated carbocycles. The largest absolute Gasteiger partial charge is 0.488 e. The average Bonchev–Trinajstić information content (AvgIpc) is 2.56. The number of amides is 1. The summed E-state index contributed by atoms with van der Waals surface area (Å²) in [6.07, 6.45) is -4.67. The first kappa shape index (κ1) is 20.0. The Morgan fingerprint density at radius 1 is 1.30 bits per heavy atom. The summed E-state index contributed by atoms with van der Waals surface area (Å²) in [6, 6.07) is 0.854. The van der Waals surface area contributed by atoms with Crippen LogP contribution in [0.2, 0.25) is 0 Å². The van der Waals surface area contributed by atoms with Crippen LogP contribution in [0.25, 0.3) is 0 Å². The number of benzene rings is 1. The van der Waals surface area contributed by atoms with Gasteiger partial charge in [-0.1, -0.05) is 0 Å². The molecule has 146 valence electrons. The molecule has 0 fully saturated rings. The number of carbonyl (C=O) groups excluding carboxylic acids is 1. The summed E-state index contributed by atoms with van der Waals surface area (Å²) in [4.78, 5) is 38.5. The number of hydrogen-bond donors (Lipinski definition) is 4. The van der Waals surface area contributed by atoms with Crippen LogP contribution in [-0.4, -0.2) is 28.5 Å². The molecule has 0 bridgehead atoms. The zero-order valence-corrected chi connectivity index (χ0v) is 13.7. The van der Waals surface area contributed by atoms with E-state index in [4.69, 9.17) is 10.5 Å². The normalized spacial score (nSPS) is 12.5. The van der Waals surface area contributed by atoms with Gasteiger partial charge in [-0.25, -0.2) is 9.18 Å². The molecule has 2 rings (SSSR count). The predicted molar refractivity (Wildman–Crippen MR) is 85.9 cm³/mol. The van der Waals surface area contributed by atoms with E-state index in [1.54, 1.807) is 0 Å². The summed E-state index contributed by atoms with van der Waals surface area (Å²) in [7, 11) is 0. The first-order valence-electron chi connectivity index (χ1n) is 7.41. The molecule has 2 aromatic rings. The summed E-state index contributed by atoms with van der Waals surface area (Å²) in [5.41, 5.74) is 1.40. The number of hydrogen-bond acceptors (Lipinski definition) is 5. The van der Waals surface area contributed by atoms with Crippen molar-refractivity contribution >= 4 is 11.6 Å². The molecule has 0 spiro atoms. The molecule has 5 N–H and O–H groups in total. The number of nitrogens with two attached hydrogens (primary N) is 1. The molecular formula is C15H14F4N4O4. The van der Waals surface area contributed by atoms with E-state index in [9.17, 15) is 31.9 Å². The number of H-pyrrole nitrogens is 2. The van der Waals surface area contributed by atoms with Gasteiger partial charge in [-0.05, 0) is 25.1 Å². The first-order chi connectivity index (χ1) is 12.5. The highest BCUT2D eigenvalue weighted by Crippen LogP contribution is 2.32. The molecule has 0 unspecified atom stereocenters. The minimum absolute atomic E-state index is 0.392. The lowest BCUT2D eigenvalue weighted by atomic mass is 10.2. The van der Waals surface area contributed by atoms with Crippen LogP contribution in [0.4, 0.5) is 23.2 Å². The second-order valence-electron chi connectivity index (χ2n) is 5.53. The number of carbonyl (C=O) groups is 1. The molecule has 12 heteroatoms. The minimum Gasteiger partial charge on any atom is -0.488 e. The Labute approximate surface area is 148 Å². The number of aromatic amines is 2. The number of nitrogen functional groups attached to an aromatic ring is 1. The van der Waals surface area contributed by atoms with Gasteiger partial charge in [0.05, 0.1) is 11.6 Å². The molecule has 1 atom stereocenters. The SMILES string of the molecule is C[C@H](COc1cc(C(F)(F)F)ccc1F)NC(=O)c1[nH]c(=O)[nH]c(=O)c1N. The number of ether oxygens (including phenoxy) is 1. The van der Waals surface area contributed by atoms with Crippen molar-refractivity contribution in [2.45, 2.75) is 19.1 Å². The smallest absolute Gasteiger partial charge is 0.416 e. The van der Waals surface area contributed by atoms with Crippen molar-refractivity contribution in [1.29, 1.82) is 0 Å². The first-order valence-corrected chi connectivity index (χ1v) is 7.41. The van der Waals surface area contributed by atoms with Crippen LogP contribution in [0.3, 0.4) is 0 Å². The summed E-state index contributed by atoms with van der Waals surface area (Å²) < 4.78 is 56.6. The van der Waals surface area contributed by atoms with E-state index in [0.29, 0.717) is 18.2 Å². The third-order valence-corrected chi connectivity index (χ3v) is 3.33. The van der Waals surface area contributed by atoms with Gasteiger partial charge in [0.25, 0.3) is 11.5 Å². The van der Waals surface area contributed by atoms with E-state index in [-0.39, 0.29) is 0 Å². The summed E-state index contributed by atoms with van der Waals surface area (Å²) in [5, 5.41) is 2.31. The highest BCUT2D eigenvalue weighted by Gasteiger charge is 2.31. The highest BCUT2D eigenvalue weighted by atomic mass is 19.4. The van der Waals surface area contributed by atoms with Crippen LogP contribution >= 0.6 is 0 Å². The van der Waals surface area contributed by atoms with Crippen LogP contribution in [-0.2, 0) is 6.18 Å². The van der Waals surface area contributed by atoms with E-state index in [0.717, 1.165) is 0 Å². The number of alkyl halides is 3. The van der Waals surface area contributed by atoms with Crippen molar-refractivity contribution in [3.05, 3.63) is 56.1 Å². The number of halogens is 4. The molecule has 1 heterocycles. The van der Waals surface area contributed by atoms with E-state index in [1.165, 1.54) is 6.92 Å². The molecular weight excluding hydrogens is 376 g/mol. The van der Waals surface area contributed by atoms with Gasteiger partial charge in [-0.15, -0.1) is 0 Å². The van der Waals surface area contributed by atoms with Crippen molar-refractivity contribution in [2.24, 2.45) is 0 Å². The lowest BCUT2D eigenvalue weighted by Gasteiger charge is -2.16. The van der Waals surface area contributed by atoms with Crippen molar-refractivity contribution in [2.75, 3.05) is 12.3 Å². The number of aromatic nitrogens is 2. The Morgan fingerprint density at radius 3 is 2.59 bits per heavy atom. The van der Waals surface area contributed by atoms with Crippen molar-refractivity contribution in [3.8, 4) is 5.75 Å². The molecule has 1 aromatic carbocycles. The Bertz CT molecular complexity index is 968. The van der Waals surface area contributed by atoms with Gasteiger partial charge in [0.2, 0.25) is 0 Å². The molecule has 8 nitrogen and oxygen atoms in total. The van der Waals surface area contributed by atoms with Gasteiger partial charge in [0, 0.05) is 0 Å². The third kappa shape index (κ3) is 4.86. The van der Waals surface area contributed by atoms with E-state index in [1.807, 2.05) is 4.98 Å². The second kappa shape index (κ2) is 7.51. The lowest BCUT2D eigenvalue weighted by molar-refractivity contribution is -0.137. The van der Waals surface area contributed by atoms with Gasteiger partial charge in [0.15, 0.2) is 11.6 Å². The molecule has 0 radical (unpaired) electrons. The predicted octanol–water partition coefficient (Wildman–Crippen LogP) is 1.00.